The molecule has 1 aliphatic heterocycles. The Kier molecular flexibility index (Phi) is 5.20. The number of carbonyl (C=O) groups excluding carboxylic acids is 2. The van der Waals surface area contributed by atoms with E-state index in [1.165, 1.54) is 0 Å². The van der Waals surface area contributed by atoms with Crippen LogP contribution in [0, 0.1) is 0 Å². The van der Waals surface area contributed by atoms with E-state index < -0.39 is 0 Å². The Bertz CT molecular complexity index is 1100. The maximum Gasteiger partial charge on any atom is 0.290 e. The van der Waals surface area contributed by atoms with Crippen molar-refractivity contribution in [3.05, 3.63) is 59.4 Å². The van der Waals surface area contributed by atoms with Crippen molar-refractivity contribution in [2.75, 3.05) is 13.7 Å². The molecule has 1 aromatic heterocycles. The van der Waals surface area contributed by atoms with Gasteiger partial charge in [-0.05, 0) is 56.7 Å². The smallest absolute Gasteiger partial charge is 0.290 e. The molecule has 0 spiro atoms. The van der Waals surface area contributed by atoms with E-state index in [0.29, 0.717) is 30.0 Å². The lowest BCUT2D eigenvalue weighted by molar-refractivity contribution is 0.0643. The average Bonchev–Trinajstić information content (AvgIpc) is 3.12. The normalized spacial score (nSPS) is 14.7. The van der Waals surface area contributed by atoms with Crippen molar-refractivity contribution >= 4 is 22.8 Å². The van der Waals surface area contributed by atoms with Gasteiger partial charge in [-0.3, -0.25) is 9.59 Å². The summed E-state index contributed by atoms with van der Waals surface area (Å²) in [6.07, 6.45) is 0. The Hall–Kier alpha value is -3.35. The topological polar surface area (TPSA) is 76.5 Å². The van der Waals surface area contributed by atoms with Crippen LogP contribution in [0.15, 0.2) is 42.5 Å². The first kappa shape index (κ1) is 19.9. The number of hydrogen-bond acceptors (Lipinski definition) is 4. The van der Waals surface area contributed by atoms with Crippen molar-refractivity contribution in [2.45, 2.75) is 39.4 Å². The quantitative estimate of drug-likeness (QED) is 0.705. The summed E-state index contributed by atoms with van der Waals surface area (Å²) in [5.74, 6) is 0.971. The lowest BCUT2D eigenvalue weighted by Gasteiger charge is -2.30. The molecular formula is C23H26N4O3. The first-order valence-electron chi connectivity index (χ1n) is 10.1. The highest BCUT2D eigenvalue weighted by Crippen LogP contribution is 2.24. The number of benzene rings is 2. The third kappa shape index (κ3) is 3.51. The molecule has 0 fully saturated rings. The fourth-order valence-corrected chi connectivity index (χ4v) is 3.85. The molecule has 7 heteroatoms. The van der Waals surface area contributed by atoms with Gasteiger partial charge in [0.1, 0.15) is 5.75 Å². The van der Waals surface area contributed by atoms with Crippen molar-refractivity contribution in [1.29, 1.82) is 0 Å². The summed E-state index contributed by atoms with van der Waals surface area (Å²) in [6, 6.07) is 13.0. The number of nitrogens with one attached hydrogen (secondary N) is 1. The minimum absolute atomic E-state index is 0.0634. The number of imidazole rings is 1. The number of fused-ring (bicyclic) bond motifs is 3. The minimum atomic E-state index is -0.179. The van der Waals surface area contributed by atoms with Crippen molar-refractivity contribution < 1.29 is 14.3 Å². The van der Waals surface area contributed by atoms with Crippen LogP contribution in [-0.4, -0.2) is 46.0 Å². The molecular weight excluding hydrogens is 380 g/mol. The zero-order chi connectivity index (χ0) is 21.4. The number of ether oxygens (including phenoxy) is 1. The van der Waals surface area contributed by atoms with Crippen LogP contribution in [0.5, 0.6) is 5.75 Å². The van der Waals surface area contributed by atoms with Crippen LogP contribution in [0.4, 0.5) is 0 Å². The van der Waals surface area contributed by atoms with E-state index in [0.717, 1.165) is 16.8 Å². The van der Waals surface area contributed by atoms with Crippen LogP contribution in [0.25, 0.3) is 11.0 Å². The highest BCUT2D eigenvalue weighted by atomic mass is 16.5. The molecule has 7 nitrogen and oxygen atoms in total. The van der Waals surface area contributed by atoms with Crippen molar-refractivity contribution in [3.8, 4) is 5.75 Å². The molecule has 30 heavy (non-hydrogen) atoms. The van der Waals surface area contributed by atoms with Crippen molar-refractivity contribution in [2.24, 2.45) is 0 Å². The summed E-state index contributed by atoms with van der Waals surface area (Å²) in [7, 11) is 1.62. The molecule has 3 aromatic rings. The van der Waals surface area contributed by atoms with Crippen molar-refractivity contribution in [3.63, 3.8) is 0 Å². The van der Waals surface area contributed by atoms with E-state index in [4.69, 9.17) is 4.74 Å². The minimum Gasteiger partial charge on any atom is -0.497 e. The standard InChI is InChI=1S/C23H26N4O3/c1-14(2)26-11-12-27-20-10-7-17(13-19(20)25-21(27)23(26)29)22(28)24-15(3)16-5-8-18(30-4)9-6-16/h5-10,13-15H,11-12H2,1-4H3,(H,24,28)/t15-/m0/s1. The van der Waals surface area contributed by atoms with Gasteiger partial charge in [-0.15, -0.1) is 0 Å². The summed E-state index contributed by atoms with van der Waals surface area (Å²) in [6.45, 7) is 7.31. The lowest BCUT2D eigenvalue weighted by Crippen LogP contribution is -2.44. The third-order valence-electron chi connectivity index (χ3n) is 5.61. The molecule has 2 heterocycles. The van der Waals surface area contributed by atoms with Gasteiger partial charge in [0.15, 0.2) is 5.82 Å². The second kappa shape index (κ2) is 7.82. The number of aromatic nitrogens is 2. The van der Waals surface area contributed by atoms with Gasteiger partial charge >= 0.3 is 0 Å². The average molecular weight is 406 g/mol. The highest BCUT2D eigenvalue weighted by molar-refractivity contribution is 6.00. The van der Waals surface area contributed by atoms with Gasteiger partial charge in [0.05, 0.1) is 24.2 Å². The van der Waals surface area contributed by atoms with E-state index in [1.807, 2.05) is 60.6 Å². The number of nitrogens with zero attached hydrogens (tertiary/aromatic N) is 3. The third-order valence-corrected chi connectivity index (χ3v) is 5.61. The van der Waals surface area contributed by atoms with E-state index in [2.05, 4.69) is 10.3 Å². The summed E-state index contributed by atoms with van der Waals surface area (Å²) in [5, 5.41) is 3.02. The summed E-state index contributed by atoms with van der Waals surface area (Å²) < 4.78 is 7.12. The molecule has 1 N–H and O–H groups in total. The molecule has 0 radical (unpaired) electrons. The van der Waals surface area contributed by atoms with E-state index in [-0.39, 0.29) is 23.9 Å². The highest BCUT2D eigenvalue weighted by Gasteiger charge is 2.29. The predicted molar refractivity (Wildman–Crippen MR) is 115 cm³/mol. The fourth-order valence-electron chi connectivity index (χ4n) is 3.85. The number of carbonyl (C=O) groups is 2. The van der Waals surface area contributed by atoms with Gasteiger partial charge in [-0.25, -0.2) is 4.98 Å². The van der Waals surface area contributed by atoms with Crippen LogP contribution >= 0.6 is 0 Å². The Morgan fingerprint density at radius 3 is 2.50 bits per heavy atom. The maximum absolute atomic E-state index is 12.8. The number of rotatable bonds is 5. The first-order chi connectivity index (χ1) is 14.4. The van der Waals surface area contributed by atoms with Crippen LogP contribution in [-0.2, 0) is 6.54 Å². The van der Waals surface area contributed by atoms with Crippen LogP contribution in [0.1, 0.15) is 53.4 Å². The van der Waals surface area contributed by atoms with Crippen LogP contribution < -0.4 is 10.1 Å². The molecule has 0 saturated heterocycles. The Morgan fingerprint density at radius 1 is 1.10 bits per heavy atom. The summed E-state index contributed by atoms with van der Waals surface area (Å²) in [4.78, 5) is 31.9. The number of methoxy groups -OCH3 is 1. The van der Waals surface area contributed by atoms with E-state index >= 15 is 0 Å². The molecule has 2 amide bonds. The number of hydrogen-bond donors (Lipinski definition) is 1. The first-order valence-corrected chi connectivity index (χ1v) is 10.1. The SMILES string of the molecule is COc1ccc([C@H](C)NC(=O)c2ccc3c(c2)nc2n3CCN(C(C)C)C2=O)cc1. The van der Waals surface area contributed by atoms with Gasteiger partial charge in [0, 0.05) is 24.7 Å². The van der Waals surface area contributed by atoms with Gasteiger partial charge < -0.3 is 19.5 Å². The molecule has 0 bridgehead atoms. The second-order valence-corrected chi connectivity index (χ2v) is 7.85. The van der Waals surface area contributed by atoms with Crippen LogP contribution in [0.2, 0.25) is 0 Å². The summed E-state index contributed by atoms with van der Waals surface area (Å²) >= 11 is 0. The molecule has 0 saturated carbocycles. The van der Waals surface area contributed by atoms with E-state index in [9.17, 15) is 9.59 Å². The van der Waals surface area contributed by atoms with Crippen molar-refractivity contribution in [1.82, 2.24) is 19.8 Å². The molecule has 1 atom stereocenters. The molecule has 0 unspecified atom stereocenters. The number of amides is 2. The molecule has 4 rings (SSSR count). The van der Waals surface area contributed by atoms with Gasteiger partial charge in [-0.2, -0.15) is 0 Å². The molecule has 2 aromatic carbocycles. The van der Waals surface area contributed by atoms with Gasteiger partial charge in [0.2, 0.25) is 0 Å². The second-order valence-electron chi connectivity index (χ2n) is 7.85. The van der Waals surface area contributed by atoms with Crippen LogP contribution in [0.3, 0.4) is 0 Å². The predicted octanol–water partition coefficient (Wildman–Crippen LogP) is 3.40. The maximum atomic E-state index is 12.8. The molecule has 0 aliphatic carbocycles. The Labute approximate surface area is 175 Å². The monoisotopic (exact) mass is 406 g/mol. The largest absolute Gasteiger partial charge is 0.497 e. The Balaban J connectivity index is 1.56. The summed E-state index contributed by atoms with van der Waals surface area (Å²) in [5.41, 5.74) is 3.05. The van der Waals surface area contributed by atoms with E-state index in [1.54, 1.807) is 19.2 Å². The van der Waals surface area contributed by atoms with Gasteiger partial charge in [-0.1, -0.05) is 12.1 Å². The Morgan fingerprint density at radius 2 is 1.83 bits per heavy atom. The lowest BCUT2D eigenvalue weighted by atomic mass is 10.1. The fraction of sp³-hybridized carbons (Fsp3) is 0.348. The molecule has 1 aliphatic rings. The zero-order valence-electron chi connectivity index (χ0n) is 17.7. The van der Waals surface area contributed by atoms with Gasteiger partial charge in [0.25, 0.3) is 11.8 Å². The zero-order valence-corrected chi connectivity index (χ0v) is 17.7. The molecule has 156 valence electrons.